The van der Waals surface area contributed by atoms with Gasteiger partial charge in [0.15, 0.2) is 23.0 Å². The van der Waals surface area contributed by atoms with Crippen LogP contribution in [0.4, 0.5) is 0 Å². The Morgan fingerprint density at radius 1 is 0.963 bits per heavy atom. The van der Waals surface area contributed by atoms with Crippen molar-refractivity contribution < 1.29 is 34.3 Å². The second-order valence-electron chi connectivity index (χ2n) is 6.91. The molecule has 0 saturated carbocycles. The van der Waals surface area contributed by atoms with Gasteiger partial charge >= 0.3 is 0 Å². The first kappa shape index (κ1) is 17.9. The molecule has 144 valence electrons. The molecule has 0 bridgehead atoms. The van der Waals surface area contributed by atoms with Crippen molar-refractivity contribution in [3.8, 4) is 23.0 Å². The average molecular weight is 374 g/mol. The lowest BCUT2D eigenvalue weighted by atomic mass is 9.81. The van der Waals surface area contributed by atoms with Crippen molar-refractivity contribution in [1.29, 1.82) is 0 Å². The lowest BCUT2D eigenvalue weighted by Crippen LogP contribution is -2.39. The van der Waals surface area contributed by atoms with Crippen molar-refractivity contribution in [3.63, 3.8) is 0 Å². The molecular weight excluding hydrogens is 352 g/mol. The molecule has 2 aliphatic heterocycles. The Hall–Kier alpha value is -2.48. The molecule has 0 aliphatic carbocycles. The van der Waals surface area contributed by atoms with Crippen LogP contribution in [-0.4, -0.2) is 48.4 Å². The lowest BCUT2D eigenvalue weighted by molar-refractivity contribution is -0.0706. The lowest BCUT2D eigenvalue weighted by Gasteiger charge is -2.26. The zero-order chi connectivity index (χ0) is 19.2. The second kappa shape index (κ2) is 6.60. The third-order valence-corrected chi connectivity index (χ3v) is 5.41. The van der Waals surface area contributed by atoms with E-state index in [4.69, 9.17) is 18.9 Å². The summed E-state index contributed by atoms with van der Waals surface area (Å²) in [6, 6.07) is 9.88. The maximum atomic E-state index is 11.4. The van der Waals surface area contributed by atoms with Crippen LogP contribution in [0.2, 0.25) is 0 Å². The Kier molecular flexibility index (Phi) is 4.38. The SMILES string of the molecule is COc1cc(C2OC(c3ccc(O)c(OC)c3)C3(O)COCC23)ccc1O. The van der Waals surface area contributed by atoms with Crippen LogP contribution in [0.1, 0.15) is 23.3 Å². The summed E-state index contributed by atoms with van der Waals surface area (Å²) in [4.78, 5) is 0. The van der Waals surface area contributed by atoms with Crippen LogP contribution in [0.5, 0.6) is 23.0 Å². The predicted molar refractivity (Wildman–Crippen MR) is 95.1 cm³/mol. The Bertz CT molecular complexity index is 852. The number of fused-ring (bicyclic) bond motifs is 1. The van der Waals surface area contributed by atoms with E-state index >= 15 is 0 Å². The maximum Gasteiger partial charge on any atom is 0.160 e. The van der Waals surface area contributed by atoms with E-state index in [1.54, 1.807) is 30.3 Å². The van der Waals surface area contributed by atoms with Crippen molar-refractivity contribution in [2.45, 2.75) is 17.8 Å². The van der Waals surface area contributed by atoms with Gasteiger partial charge in [-0.15, -0.1) is 0 Å². The second-order valence-corrected chi connectivity index (χ2v) is 6.91. The molecule has 0 radical (unpaired) electrons. The highest BCUT2D eigenvalue weighted by Crippen LogP contribution is 2.55. The van der Waals surface area contributed by atoms with E-state index in [-0.39, 0.29) is 24.0 Å². The number of aromatic hydroxyl groups is 2. The first-order valence-electron chi connectivity index (χ1n) is 8.67. The number of phenols is 2. The molecule has 0 amide bonds. The molecule has 2 aromatic rings. The fraction of sp³-hybridized carbons (Fsp3) is 0.400. The molecule has 2 heterocycles. The highest BCUT2D eigenvalue weighted by molar-refractivity contribution is 5.45. The van der Waals surface area contributed by atoms with Crippen molar-refractivity contribution in [2.24, 2.45) is 5.92 Å². The Morgan fingerprint density at radius 2 is 1.56 bits per heavy atom. The molecule has 2 saturated heterocycles. The van der Waals surface area contributed by atoms with Crippen LogP contribution in [0.3, 0.4) is 0 Å². The standard InChI is InChI=1S/C20H22O7/c1-24-16-7-11(3-5-14(16)21)18-13-9-26-10-20(13,23)19(27-18)12-4-6-15(22)17(8-12)25-2/h3-8,13,18-19,21-23H,9-10H2,1-2H3. The fourth-order valence-corrected chi connectivity index (χ4v) is 3.99. The van der Waals surface area contributed by atoms with Gasteiger partial charge in [-0.25, -0.2) is 0 Å². The minimum atomic E-state index is -1.21. The first-order valence-corrected chi connectivity index (χ1v) is 8.67. The molecular formula is C20H22O7. The molecule has 7 heteroatoms. The predicted octanol–water partition coefficient (Wildman–Crippen LogP) is 2.31. The topological polar surface area (TPSA) is 97.6 Å². The van der Waals surface area contributed by atoms with Crippen molar-refractivity contribution in [2.75, 3.05) is 27.4 Å². The summed E-state index contributed by atoms with van der Waals surface area (Å²) in [5, 5.41) is 31.1. The summed E-state index contributed by atoms with van der Waals surface area (Å²) >= 11 is 0. The van der Waals surface area contributed by atoms with E-state index in [1.807, 2.05) is 0 Å². The number of methoxy groups -OCH3 is 2. The van der Waals surface area contributed by atoms with Crippen molar-refractivity contribution >= 4 is 0 Å². The monoisotopic (exact) mass is 374 g/mol. The number of hydrogen-bond acceptors (Lipinski definition) is 7. The molecule has 4 unspecified atom stereocenters. The van der Waals surface area contributed by atoms with Gasteiger partial charge in [0.25, 0.3) is 0 Å². The van der Waals surface area contributed by atoms with Crippen LogP contribution in [0, 0.1) is 5.92 Å². The molecule has 2 aromatic carbocycles. The third kappa shape index (κ3) is 2.79. The number of rotatable bonds is 4. The van der Waals surface area contributed by atoms with Gasteiger partial charge in [-0.2, -0.15) is 0 Å². The van der Waals surface area contributed by atoms with Gasteiger partial charge in [-0.05, 0) is 35.4 Å². The summed E-state index contributed by atoms with van der Waals surface area (Å²) in [5.41, 5.74) is 0.264. The zero-order valence-electron chi connectivity index (χ0n) is 15.1. The number of aliphatic hydroxyl groups is 1. The first-order chi connectivity index (χ1) is 13.0. The number of phenolic OH excluding ortho intramolecular Hbond substituents is 2. The summed E-state index contributed by atoms with van der Waals surface area (Å²) < 4.78 is 22.2. The highest BCUT2D eigenvalue weighted by Gasteiger charge is 2.59. The summed E-state index contributed by atoms with van der Waals surface area (Å²) in [7, 11) is 2.95. The van der Waals surface area contributed by atoms with E-state index in [0.29, 0.717) is 23.7 Å². The largest absolute Gasteiger partial charge is 0.504 e. The van der Waals surface area contributed by atoms with Gasteiger partial charge in [0.2, 0.25) is 0 Å². The van der Waals surface area contributed by atoms with Gasteiger partial charge in [-0.3, -0.25) is 0 Å². The normalized spacial score (nSPS) is 29.5. The molecule has 4 atom stereocenters. The van der Waals surface area contributed by atoms with Gasteiger partial charge in [0.05, 0.1) is 33.5 Å². The van der Waals surface area contributed by atoms with Gasteiger partial charge in [-0.1, -0.05) is 12.1 Å². The summed E-state index contributed by atoms with van der Waals surface area (Å²) in [6.45, 7) is 0.507. The van der Waals surface area contributed by atoms with E-state index in [9.17, 15) is 15.3 Å². The van der Waals surface area contributed by atoms with Crippen LogP contribution in [0.15, 0.2) is 36.4 Å². The summed E-state index contributed by atoms with van der Waals surface area (Å²) in [5.74, 6) is 0.428. The average Bonchev–Trinajstić information content (AvgIpc) is 3.18. The van der Waals surface area contributed by atoms with Crippen molar-refractivity contribution in [3.05, 3.63) is 47.5 Å². The van der Waals surface area contributed by atoms with Crippen LogP contribution < -0.4 is 9.47 Å². The van der Waals surface area contributed by atoms with E-state index in [1.165, 1.54) is 20.3 Å². The molecule has 27 heavy (non-hydrogen) atoms. The minimum Gasteiger partial charge on any atom is -0.504 e. The molecule has 0 aromatic heterocycles. The molecule has 2 fully saturated rings. The number of hydrogen-bond donors (Lipinski definition) is 3. The highest BCUT2D eigenvalue weighted by atomic mass is 16.6. The quantitative estimate of drug-likeness (QED) is 0.755. The van der Waals surface area contributed by atoms with E-state index in [2.05, 4.69) is 0 Å². The van der Waals surface area contributed by atoms with E-state index in [0.717, 1.165) is 5.56 Å². The van der Waals surface area contributed by atoms with Crippen LogP contribution in [-0.2, 0) is 9.47 Å². The van der Waals surface area contributed by atoms with E-state index < -0.39 is 17.8 Å². The Balaban J connectivity index is 1.73. The minimum absolute atomic E-state index is 0.0188. The van der Waals surface area contributed by atoms with Gasteiger partial charge in [0, 0.05) is 5.92 Å². The summed E-state index contributed by atoms with van der Waals surface area (Å²) in [6.07, 6.45) is -1.08. The fourth-order valence-electron chi connectivity index (χ4n) is 3.99. The van der Waals surface area contributed by atoms with Gasteiger partial charge in [0.1, 0.15) is 11.7 Å². The third-order valence-electron chi connectivity index (χ3n) is 5.41. The van der Waals surface area contributed by atoms with Crippen LogP contribution in [0.25, 0.3) is 0 Å². The van der Waals surface area contributed by atoms with Crippen LogP contribution >= 0.6 is 0 Å². The van der Waals surface area contributed by atoms with Gasteiger partial charge < -0.3 is 34.3 Å². The molecule has 3 N–H and O–H groups in total. The molecule has 2 aliphatic rings. The Labute approximate surface area is 156 Å². The molecule has 7 nitrogen and oxygen atoms in total. The maximum absolute atomic E-state index is 11.4. The number of ether oxygens (including phenoxy) is 4. The Morgan fingerprint density at radius 3 is 2.19 bits per heavy atom. The zero-order valence-corrected chi connectivity index (χ0v) is 15.1. The molecule has 4 rings (SSSR count). The number of benzene rings is 2. The molecule has 0 spiro atoms. The smallest absolute Gasteiger partial charge is 0.160 e. The van der Waals surface area contributed by atoms with Crippen molar-refractivity contribution in [1.82, 2.24) is 0 Å².